The number of hydrogen-bond acceptors (Lipinski definition) is 2. The average molecular weight is 191 g/mol. The molecule has 2 N–H and O–H groups in total. The molecule has 0 radical (unpaired) electrons. The van der Waals surface area contributed by atoms with Gasteiger partial charge in [-0.1, -0.05) is 0 Å². The molecule has 4 heteroatoms. The maximum atomic E-state index is 13.3. The van der Waals surface area contributed by atoms with E-state index in [1.165, 1.54) is 6.07 Å². The fraction of sp³-hybridized carbons (Fsp3) is 0.300. The van der Waals surface area contributed by atoms with Crippen LogP contribution in [0.5, 0.6) is 0 Å². The Hall–Kier alpha value is -1.42. The minimum atomic E-state index is -0.303. The van der Waals surface area contributed by atoms with Crippen molar-refractivity contribution in [2.24, 2.45) is 5.73 Å². The summed E-state index contributed by atoms with van der Waals surface area (Å²) in [7, 11) is 0. The van der Waals surface area contributed by atoms with Gasteiger partial charge in [0.1, 0.15) is 0 Å². The Balaban J connectivity index is 2.25. The van der Waals surface area contributed by atoms with Crippen molar-refractivity contribution in [2.45, 2.75) is 18.4 Å². The lowest BCUT2D eigenvalue weighted by Crippen LogP contribution is -2.18. The third-order valence-electron chi connectivity index (χ3n) is 2.73. The van der Waals surface area contributed by atoms with Gasteiger partial charge in [-0.05, 0) is 25.0 Å². The van der Waals surface area contributed by atoms with Crippen LogP contribution in [0.3, 0.4) is 0 Å². The molecule has 1 aliphatic carbocycles. The van der Waals surface area contributed by atoms with E-state index in [0.29, 0.717) is 5.65 Å². The van der Waals surface area contributed by atoms with Gasteiger partial charge < -0.3 is 10.1 Å². The van der Waals surface area contributed by atoms with Gasteiger partial charge in [0.25, 0.3) is 0 Å². The zero-order valence-electron chi connectivity index (χ0n) is 7.57. The lowest BCUT2D eigenvalue weighted by Gasteiger charge is -2.00. The molecule has 3 nitrogen and oxygen atoms in total. The van der Waals surface area contributed by atoms with Crippen LogP contribution < -0.4 is 5.73 Å². The molecule has 0 saturated heterocycles. The number of halogens is 1. The first kappa shape index (κ1) is 7.94. The van der Waals surface area contributed by atoms with Crippen molar-refractivity contribution >= 4 is 5.65 Å². The molecule has 0 amide bonds. The zero-order valence-corrected chi connectivity index (χ0v) is 7.57. The van der Waals surface area contributed by atoms with Gasteiger partial charge in [0.2, 0.25) is 0 Å². The monoisotopic (exact) mass is 191 g/mol. The van der Waals surface area contributed by atoms with E-state index >= 15 is 0 Å². The largest absolute Gasteiger partial charge is 0.320 e. The van der Waals surface area contributed by atoms with E-state index in [2.05, 4.69) is 4.98 Å². The molecule has 2 heterocycles. The summed E-state index contributed by atoms with van der Waals surface area (Å²) in [6.45, 7) is 0. The summed E-state index contributed by atoms with van der Waals surface area (Å²) < 4.78 is 15.0. The van der Waals surface area contributed by atoms with Gasteiger partial charge in [0.15, 0.2) is 11.5 Å². The number of nitrogens with two attached hydrogens (primary N) is 1. The summed E-state index contributed by atoms with van der Waals surface area (Å²) in [6.07, 6.45) is 5.48. The van der Waals surface area contributed by atoms with E-state index in [0.717, 1.165) is 18.5 Å². The second-order valence-electron chi connectivity index (χ2n) is 3.87. The van der Waals surface area contributed by atoms with Crippen molar-refractivity contribution in [2.75, 3.05) is 0 Å². The summed E-state index contributed by atoms with van der Waals surface area (Å²) in [5, 5.41) is 0. The molecule has 0 unspecified atom stereocenters. The second-order valence-corrected chi connectivity index (χ2v) is 3.87. The first-order chi connectivity index (χ1) is 6.69. The maximum Gasteiger partial charge on any atom is 0.173 e. The molecule has 0 spiro atoms. The van der Waals surface area contributed by atoms with Crippen LogP contribution in [0.4, 0.5) is 4.39 Å². The lowest BCUT2D eigenvalue weighted by atomic mass is 10.2. The lowest BCUT2D eigenvalue weighted by molar-refractivity contribution is 0.629. The molecule has 1 saturated carbocycles. The van der Waals surface area contributed by atoms with Crippen LogP contribution in [0.1, 0.15) is 18.5 Å². The van der Waals surface area contributed by atoms with Crippen LogP contribution in [0.15, 0.2) is 24.5 Å². The highest BCUT2D eigenvalue weighted by molar-refractivity contribution is 5.43. The number of hydrogen-bond donors (Lipinski definition) is 1. The van der Waals surface area contributed by atoms with Gasteiger partial charge in [0, 0.05) is 12.4 Å². The molecule has 2 aromatic rings. The first-order valence-electron chi connectivity index (χ1n) is 4.62. The molecule has 0 aliphatic heterocycles. The predicted octanol–water partition coefficient (Wildman–Crippen LogP) is 1.42. The van der Waals surface area contributed by atoms with Gasteiger partial charge >= 0.3 is 0 Å². The summed E-state index contributed by atoms with van der Waals surface area (Å²) in [6, 6.07) is 3.06. The second kappa shape index (κ2) is 2.33. The number of nitrogens with zero attached hydrogens (tertiary/aromatic N) is 2. The van der Waals surface area contributed by atoms with Crippen LogP contribution in [0, 0.1) is 5.82 Å². The molecular weight excluding hydrogens is 181 g/mol. The van der Waals surface area contributed by atoms with E-state index in [4.69, 9.17) is 5.73 Å². The van der Waals surface area contributed by atoms with Gasteiger partial charge in [-0.3, -0.25) is 0 Å². The van der Waals surface area contributed by atoms with Crippen LogP contribution >= 0.6 is 0 Å². The quantitative estimate of drug-likeness (QED) is 0.740. The van der Waals surface area contributed by atoms with Crippen LogP contribution in [-0.2, 0) is 5.54 Å². The molecule has 0 atom stereocenters. The molecule has 1 aliphatic rings. The highest BCUT2D eigenvalue weighted by Crippen LogP contribution is 2.41. The van der Waals surface area contributed by atoms with Crippen molar-refractivity contribution in [1.29, 1.82) is 0 Å². The molecule has 1 fully saturated rings. The Morgan fingerprint density at radius 3 is 2.93 bits per heavy atom. The van der Waals surface area contributed by atoms with Crippen LogP contribution in [0.25, 0.3) is 5.65 Å². The fourth-order valence-electron chi connectivity index (χ4n) is 1.61. The van der Waals surface area contributed by atoms with E-state index in [1.807, 2.05) is 6.20 Å². The molecule has 2 aromatic heterocycles. The van der Waals surface area contributed by atoms with Crippen LogP contribution in [-0.4, -0.2) is 9.38 Å². The summed E-state index contributed by atoms with van der Waals surface area (Å²) in [5.74, 6) is -0.303. The topological polar surface area (TPSA) is 43.3 Å². The molecule has 14 heavy (non-hydrogen) atoms. The van der Waals surface area contributed by atoms with Crippen molar-refractivity contribution in [3.8, 4) is 0 Å². The summed E-state index contributed by atoms with van der Waals surface area (Å²) in [5.41, 5.74) is 6.84. The molecular formula is C10H10FN3. The fourth-order valence-corrected chi connectivity index (χ4v) is 1.61. The molecule has 0 bridgehead atoms. The Bertz CT molecular complexity index is 499. The highest BCUT2D eigenvalue weighted by atomic mass is 19.1. The van der Waals surface area contributed by atoms with Gasteiger partial charge in [-0.2, -0.15) is 0 Å². The predicted molar refractivity (Wildman–Crippen MR) is 50.2 cm³/mol. The normalized spacial score (nSPS) is 18.7. The van der Waals surface area contributed by atoms with Crippen molar-refractivity contribution in [1.82, 2.24) is 9.38 Å². The first-order valence-corrected chi connectivity index (χ1v) is 4.62. The van der Waals surface area contributed by atoms with Crippen LogP contribution in [0.2, 0.25) is 0 Å². The third-order valence-corrected chi connectivity index (χ3v) is 2.73. The number of pyridine rings is 1. The highest BCUT2D eigenvalue weighted by Gasteiger charge is 2.42. The van der Waals surface area contributed by atoms with E-state index in [1.54, 1.807) is 16.7 Å². The molecule has 72 valence electrons. The number of aromatic nitrogens is 2. The number of fused-ring (bicyclic) bond motifs is 1. The van der Waals surface area contributed by atoms with Gasteiger partial charge in [-0.15, -0.1) is 0 Å². The summed E-state index contributed by atoms with van der Waals surface area (Å²) in [4.78, 5) is 4.21. The minimum absolute atomic E-state index is 0.293. The summed E-state index contributed by atoms with van der Waals surface area (Å²) >= 11 is 0. The van der Waals surface area contributed by atoms with Crippen molar-refractivity contribution in [3.05, 3.63) is 36.0 Å². The van der Waals surface area contributed by atoms with E-state index in [-0.39, 0.29) is 11.4 Å². The minimum Gasteiger partial charge on any atom is -0.320 e. The van der Waals surface area contributed by atoms with Crippen molar-refractivity contribution < 1.29 is 4.39 Å². The third kappa shape index (κ3) is 0.974. The zero-order chi connectivity index (χ0) is 9.76. The van der Waals surface area contributed by atoms with Gasteiger partial charge in [-0.25, -0.2) is 9.37 Å². The Morgan fingerprint density at radius 1 is 1.50 bits per heavy atom. The van der Waals surface area contributed by atoms with Gasteiger partial charge in [0.05, 0.1) is 11.2 Å². The number of rotatable bonds is 1. The Kier molecular flexibility index (Phi) is 1.32. The van der Waals surface area contributed by atoms with E-state index < -0.39 is 0 Å². The Morgan fingerprint density at radius 2 is 2.29 bits per heavy atom. The smallest absolute Gasteiger partial charge is 0.173 e. The Labute approximate surface area is 80.4 Å². The average Bonchev–Trinajstić information content (AvgIpc) is 2.77. The molecule has 3 rings (SSSR count). The van der Waals surface area contributed by atoms with E-state index in [9.17, 15) is 4.39 Å². The molecule has 0 aromatic carbocycles. The standard InChI is InChI=1S/C10H10FN3/c11-7-2-1-5-14-6-8(13-9(7)14)10(12)3-4-10/h1-2,5-6H,3-4,12H2. The SMILES string of the molecule is NC1(c2cn3cccc(F)c3n2)CC1. The maximum absolute atomic E-state index is 13.3. The number of imidazole rings is 1. The van der Waals surface area contributed by atoms with Crippen molar-refractivity contribution in [3.63, 3.8) is 0 Å².